The molecule has 5 heteroatoms. The van der Waals surface area contributed by atoms with E-state index in [1.165, 1.54) is 19.3 Å². The van der Waals surface area contributed by atoms with Crippen molar-refractivity contribution in [2.24, 2.45) is 0 Å². The highest BCUT2D eigenvalue weighted by molar-refractivity contribution is 6.39. The summed E-state index contributed by atoms with van der Waals surface area (Å²) in [7, 11) is 0. The summed E-state index contributed by atoms with van der Waals surface area (Å²) in [5, 5.41) is 0.689. The number of piperidine rings is 1. The second kappa shape index (κ2) is 7.30. The zero-order valence-electron chi connectivity index (χ0n) is 11.5. The third kappa shape index (κ3) is 4.11. The van der Waals surface area contributed by atoms with Gasteiger partial charge in [0.05, 0.1) is 15.7 Å². The number of nitrogens with zero attached hydrogens (tertiary/aromatic N) is 1. The van der Waals surface area contributed by atoms with Gasteiger partial charge in [-0.05, 0) is 51.0 Å². The first-order chi connectivity index (χ1) is 9.58. The maximum Gasteiger partial charge on any atom is 0.163 e. The highest BCUT2D eigenvalue weighted by Gasteiger charge is 2.13. The molecule has 0 saturated carbocycles. The van der Waals surface area contributed by atoms with Crippen LogP contribution in [0.15, 0.2) is 12.1 Å². The van der Waals surface area contributed by atoms with Crippen LogP contribution in [-0.4, -0.2) is 30.3 Å². The highest BCUT2D eigenvalue weighted by Crippen LogP contribution is 2.29. The third-order valence-corrected chi connectivity index (χ3v) is 4.35. The van der Waals surface area contributed by atoms with Crippen molar-refractivity contribution in [3.63, 3.8) is 0 Å². The van der Waals surface area contributed by atoms with Crippen LogP contribution in [0.1, 0.15) is 42.5 Å². The number of hydrogen-bond acceptors (Lipinski definition) is 3. The molecule has 1 heterocycles. The van der Waals surface area contributed by atoms with Gasteiger partial charge in [0.1, 0.15) is 0 Å². The lowest BCUT2D eigenvalue weighted by molar-refractivity contribution is 0.0973. The smallest absolute Gasteiger partial charge is 0.163 e. The summed E-state index contributed by atoms with van der Waals surface area (Å²) in [6, 6.07) is 3.21. The number of nitrogen functional groups attached to an aromatic ring is 1. The summed E-state index contributed by atoms with van der Waals surface area (Å²) in [6.07, 6.45) is 5.28. The molecule has 1 fully saturated rings. The molecule has 0 atom stereocenters. The lowest BCUT2D eigenvalue weighted by Gasteiger charge is -2.26. The number of halogens is 2. The molecule has 1 saturated heterocycles. The summed E-state index contributed by atoms with van der Waals surface area (Å²) in [6.45, 7) is 3.31. The van der Waals surface area contributed by atoms with Gasteiger partial charge in [-0.2, -0.15) is 0 Å². The van der Waals surface area contributed by atoms with E-state index in [1.54, 1.807) is 12.1 Å². The van der Waals surface area contributed by atoms with Crippen LogP contribution < -0.4 is 5.73 Å². The monoisotopic (exact) mass is 314 g/mol. The van der Waals surface area contributed by atoms with Gasteiger partial charge in [0.2, 0.25) is 0 Å². The molecule has 0 aliphatic carbocycles. The van der Waals surface area contributed by atoms with Gasteiger partial charge in [-0.15, -0.1) is 0 Å². The van der Waals surface area contributed by atoms with E-state index in [9.17, 15) is 4.79 Å². The predicted molar refractivity (Wildman–Crippen MR) is 84.7 cm³/mol. The Morgan fingerprint density at radius 2 is 1.75 bits per heavy atom. The molecular weight excluding hydrogens is 295 g/mol. The van der Waals surface area contributed by atoms with E-state index in [-0.39, 0.29) is 5.78 Å². The topological polar surface area (TPSA) is 46.3 Å². The molecule has 0 spiro atoms. The van der Waals surface area contributed by atoms with E-state index in [0.29, 0.717) is 27.7 Å². The minimum absolute atomic E-state index is 0.0748. The summed E-state index contributed by atoms with van der Waals surface area (Å²) in [4.78, 5) is 14.6. The average molecular weight is 315 g/mol. The molecule has 1 aromatic carbocycles. The van der Waals surface area contributed by atoms with Gasteiger partial charge < -0.3 is 10.6 Å². The van der Waals surface area contributed by atoms with Crippen LogP contribution >= 0.6 is 23.2 Å². The zero-order chi connectivity index (χ0) is 14.5. The molecule has 3 nitrogen and oxygen atoms in total. The van der Waals surface area contributed by atoms with Crippen molar-refractivity contribution >= 4 is 34.7 Å². The van der Waals surface area contributed by atoms with Gasteiger partial charge in [0.15, 0.2) is 5.78 Å². The van der Waals surface area contributed by atoms with Crippen LogP contribution in [0.3, 0.4) is 0 Å². The van der Waals surface area contributed by atoms with Crippen molar-refractivity contribution in [1.82, 2.24) is 4.90 Å². The van der Waals surface area contributed by atoms with Crippen molar-refractivity contribution in [2.75, 3.05) is 25.4 Å². The Morgan fingerprint density at radius 1 is 1.15 bits per heavy atom. The maximum absolute atomic E-state index is 12.1. The number of rotatable bonds is 5. The molecule has 110 valence electrons. The minimum atomic E-state index is 0.0748. The minimum Gasteiger partial charge on any atom is -0.396 e. The van der Waals surface area contributed by atoms with Crippen LogP contribution in [0.5, 0.6) is 0 Å². The summed E-state index contributed by atoms with van der Waals surface area (Å²) >= 11 is 11.9. The SMILES string of the molecule is Nc1c(Cl)cc(C(=O)CCCN2CCCCC2)cc1Cl. The number of nitrogens with two attached hydrogens (primary N) is 1. The summed E-state index contributed by atoms with van der Waals surface area (Å²) in [5.74, 6) is 0.0748. The first-order valence-corrected chi connectivity index (χ1v) is 7.83. The molecule has 1 aromatic rings. The molecule has 0 bridgehead atoms. The first-order valence-electron chi connectivity index (χ1n) is 7.08. The van der Waals surface area contributed by atoms with Crippen molar-refractivity contribution in [1.29, 1.82) is 0 Å². The fourth-order valence-corrected chi connectivity index (χ4v) is 3.02. The van der Waals surface area contributed by atoms with Gasteiger partial charge in [0.25, 0.3) is 0 Å². The second-order valence-electron chi connectivity index (χ2n) is 5.28. The highest BCUT2D eigenvalue weighted by atomic mass is 35.5. The zero-order valence-corrected chi connectivity index (χ0v) is 13.0. The van der Waals surface area contributed by atoms with E-state index < -0.39 is 0 Å². The van der Waals surface area contributed by atoms with Crippen LogP contribution in [0.2, 0.25) is 10.0 Å². The average Bonchev–Trinajstić information content (AvgIpc) is 2.45. The van der Waals surface area contributed by atoms with Crippen LogP contribution in [0.4, 0.5) is 5.69 Å². The van der Waals surface area contributed by atoms with Crippen molar-refractivity contribution in [2.45, 2.75) is 32.1 Å². The maximum atomic E-state index is 12.1. The summed E-state index contributed by atoms with van der Waals surface area (Å²) in [5.41, 5.74) is 6.55. The fourth-order valence-electron chi connectivity index (χ4n) is 2.54. The molecule has 0 radical (unpaired) electrons. The number of likely N-dealkylation sites (tertiary alicyclic amines) is 1. The van der Waals surface area contributed by atoms with E-state index in [2.05, 4.69) is 4.90 Å². The van der Waals surface area contributed by atoms with Crippen molar-refractivity contribution < 1.29 is 4.79 Å². The molecule has 2 N–H and O–H groups in total. The number of anilines is 1. The quantitative estimate of drug-likeness (QED) is 0.659. The normalized spacial score (nSPS) is 16.3. The Kier molecular flexibility index (Phi) is 5.70. The Hall–Kier alpha value is -0.770. The lowest BCUT2D eigenvalue weighted by atomic mass is 10.1. The standard InChI is InChI=1S/C15H20Cl2N2O/c16-12-9-11(10-13(17)15(12)18)14(20)5-4-8-19-6-2-1-3-7-19/h9-10H,1-8,18H2. The number of ketones is 1. The van der Waals surface area contributed by atoms with E-state index in [4.69, 9.17) is 28.9 Å². The number of benzene rings is 1. The first kappa shape index (κ1) is 15.6. The fraction of sp³-hybridized carbons (Fsp3) is 0.533. The molecule has 0 aromatic heterocycles. The Morgan fingerprint density at radius 3 is 2.35 bits per heavy atom. The lowest BCUT2D eigenvalue weighted by Crippen LogP contribution is -2.30. The van der Waals surface area contributed by atoms with Gasteiger partial charge in [-0.1, -0.05) is 29.6 Å². The van der Waals surface area contributed by atoms with Crippen LogP contribution in [0, 0.1) is 0 Å². The van der Waals surface area contributed by atoms with Gasteiger partial charge in [0, 0.05) is 12.0 Å². The number of carbonyl (C=O) groups is 1. The van der Waals surface area contributed by atoms with Crippen LogP contribution in [-0.2, 0) is 0 Å². The molecule has 20 heavy (non-hydrogen) atoms. The second-order valence-corrected chi connectivity index (χ2v) is 6.10. The molecule has 0 amide bonds. The Bertz CT molecular complexity index is 462. The Labute approximate surface area is 130 Å². The largest absolute Gasteiger partial charge is 0.396 e. The van der Waals surface area contributed by atoms with E-state index >= 15 is 0 Å². The van der Waals surface area contributed by atoms with Crippen molar-refractivity contribution in [3.05, 3.63) is 27.7 Å². The van der Waals surface area contributed by atoms with Crippen LogP contribution in [0.25, 0.3) is 0 Å². The molecule has 1 aliphatic heterocycles. The molecular formula is C15H20Cl2N2O. The molecule has 1 aliphatic rings. The number of hydrogen-bond donors (Lipinski definition) is 1. The third-order valence-electron chi connectivity index (χ3n) is 3.73. The number of carbonyl (C=O) groups excluding carboxylic acids is 1. The summed E-state index contributed by atoms with van der Waals surface area (Å²) < 4.78 is 0. The van der Waals surface area contributed by atoms with E-state index in [1.807, 2.05) is 0 Å². The van der Waals surface area contributed by atoms with Gasteiger partial charge >= 0.3 is 0 Å². The van der Waals surface area contributed by atoms with E-state index in [0.717, 1.165) is 26.1 Å². The van der Waals surface area contributed by atoms with Crippen molar-refractivity contribution in [3.8, 4) is 0 Å². The number of Topliss-reactive ketones (excluding diaryl/α,β-unsaturated/α-hetero) is 1. The van der Waals surface area contributed by atoms with Gasteiger partial charge in [-0.25, -0.2) is 0 Å². The predicted octanol–water partition coefficient (Wildman–Crippen LogP) is 4.02. The molecule has 0 unspecified atom stereocenters. The Balaban J connectivity index is 1.85. The van der Waals surface area contributed by atoms with Gasteiger partial charge in [-0.3, -0.25) is 4.79 Å². The molecule has 2 rings (SSSR count).